The lowest BCUT2D eigenvalue weighted by atomic mass is 10.4. The van der Waals surface area contributed by atoms with Gasteiger partial charge in [-0.2, -0.15) is 0 Å². The summed E-state index contributed by atoms with van der Waals surface area (Å²) in [6.45, 7) is 5.49. The molecule has 0 aliphatic carbocycles. The molecule has 14 heavy (non-hydrogen) atoms. The standard InChI is InChI=1S/C7H10.C6H7N/c1-3-5-7-6-4-2;1-2-4-6-7-5-3-1/h3-7H,1H2,2H3;1-7H. The lowest BCUT2D eigenvalue weighted by molar-refractivity contribution is 1.20. The highest BCUT2D eigenvalue weighted by Gasteiger charge is 1.67. The topological polar surface area (TPSA) is 12.0 Å². The van der Waals surface area contributed by atoms with Gasteiger partial charge >= 0.3 is 0 Å². The summed E-state index contributed by atoms with van der Waals surface area (Å²) in [6, 6.07) is 0. The van der Waals surface area contributed by atoms with Crippen LogP contribution >= 0.6 is 0 Å². The van der Waals surface area contributed by atoms with E-state index >= 15 is 0 Å². The Labute approximate surface area is 86.5 Å². The van der Waals surface area contributed by atoms with Crippen LogP contribution in [0.15, 0.2) is 73.7 Å². The van der Waals surface area contributed by atoms with E-state index in [9.17, 15) is 0 Å². The summed E-state index contributed by atoms with van der Waals surface area (Å²) in [5, 5.41) is 2.92. The molecule has 1 heteroatoms. The molecule has 1 aliphatic heterocycles. The first-order valence-electron chi connectivity index (χ1n) is 4.56. The lowest BCUT2D eigenvalue weighted by Crippen LogP contribution is -1.87. The van der Waals surface area contributed by atoms with Crippen molar-refractivity contribution in [2.24, 2.45) is 0 Å². The molecule has 1 aliphatic rings. The van der Waals surface area contributed by atoms with E-state index < -0.39 is 0 Å². The second kappa shape index (κ2) is 11.2. The van der Waals surface area contributed by atoms with Crippen LogP contribution in [0.5, 0.6) is 0 Å². The Bertz CT molecular complexity index is 251. The van der Waals surface area contributed by atoms with Crippen LogP contribution in [-0.4, -0.2) is 0 Å². The van der Waals surface area contributed by atoms with Crippen LogP contribution in [-0.2, 0) is 0 Å². The fourth-order valence-electron chi connectivity index (χ4n) is 0.660. The van der Waals surface area contributed by atoms with E-state index in [4.69, 9.17) is 0 Å². The zero-order valence-corrected chi connectivity index (χ0v) is 8.56. The van der Waals surface area contributed by atoms with Crippen molar-refractivity contribution in [3.8, 4) is 0 Å². The monoisotopic (exact) mass is 187 g/mol. The number of nitrogens with one attached hydrogen (secondary N) is 1. The fraction of sp³-hybridized carbons (Fsp3) is 0.0769. The number of hydrogen-bond acceptors (Lipinski definition) is 1. The zero-order valence-electron chi connectivity index (χ0n) is 8.56. The van der Waals surface area contributed by atoms with Gasteiger partial charge in [0.15, 0.2) is 0 Å². The van der Waals surface area contributed by atoms with Crippen LogP contribution < -0.4 is 5.32 Å². The first kappa shape index (κ1) is 12.2. The van der Waals surface area contributed by atoms with Gasteiger partial charge in [-0.1, -0.05) is 49.1 Å². The van der Waals surface area contributed by atoms with Crippen molar-refractivity contribution < 1.29 is 0 Å². The first-order chi connectivity index (χ1) is 6.91. The molecule has 0 aromatic carbocycles. The Morgan fingerprint density at radius 2 is 1.57 bits per heavy atom. The molecule has 0 spiro atoms. The van der Waals surface area contributed by atoms with Crippen LogP contribution in [0.25, 0.3) is 0 Å². The highest BCUT2D eigenvalue weighted by atomic mass is 14.8. The van der Waals surface area contributed by atoms with Crippen molar-refractivity contribution in [3.05, 3.63) is 73.7 Å². The molecule has 1 rings (SSSR count). The Balaban J connectivity index is 0.000000241. The molecule has 0 radical (unpaired) electrons. The molecule has 0 saturated carbocycles. The van der Waals surface area contributed by atoms with Gasteiger partial charge < -0.3 is 5.32 Å². The van der Waals surface area contributed by atoms with Crippen molar-refractivity contribution in [2.75, 3.05) is 0 Å². The normalized spacial score (nSPS) is 13.5. The van der Waals surface area contributed by atoms with Crippen molar-refractivity contribution in [3.63, 3.8) is 0 Å². The van der Waals surface area contributed by atoms with Gasteiger partial charge in [0.25, 0.3) is 0 Å². The summed E-state index contributed by atoms with van der Waals surface area (Å²) < 4.78 is 0. The van der Waals surface area contributed by atoms with E-state index in [1.165, 1.54) is 0 Å². The maximum absolute atomic E-state index is 3.51. The smallest absolute Gasteiger partial charge is 0.000442 e. The summed E-state index contributed by atoms with van der Waals surface area (Å²) in [7, 11) is 0. The SMILES string of the molecule is C1=CC=CNC=C1.C=CC=CC=CC. The van der Waals surface area contributed by atoms with E-state index in [1.807, 2.05) is 67.9 Å². The second-order valence-corrected chi connectivity index (χ2v) is 2.42. The molecule has 0 saturated heterocycles. The Morgan fingerprint density at radius 3 is 2.07 bits per heavy atom. The summed E-state index contributed by atoms with van der Waals surface area (Å²) >= 11 is 0. The minimum atomic E-state index is 1.75. The van der Waals surface area contributed by atoms with Crippen molar-refractivity contribution >= 4 is 0 Å². The van der Waals surface area contributed by atoms with E-state index in [1.54, 1.807) is 6.08 Å². The van der Waals surface area contributed by atoms with Gasteiger partial charge in [-0.15, -0.1) is 0 Å². The van der Waals surface area contributed by atoms with Gasteiger partial charge in [-0.05, 0) is 19.1 Å². The maximum Gasteiger partial charge on any atom is 0.000442 e. The Kier molecular flexibility index (Phi) is 9.83. The molecule has 0 amide bonds. The van der Waals surface area contributed by atoms with Crippen LogP contribution in [0.4, 0.5) is 0 Å². The summed E-state index contributed by atoms with van der Waals surface area (Å²) in [6.07, 6.45) is 21.1. The molecule has 1 nitrogen and oxygen atoms in total. The number of allylic oxidation sites excluding steroid dienone is 9. The maximum atomic E-state index is 3.51. The zero-order chi connectivity index (χ0) is 10.5. The highest BCUT2D eigenvalue weighted by molar-refractivity contribution is 5.14. The van der Waals surface area contributed by atoms with Gasteiger partial charge in [0.2, 0.25) is 0 Å². The van der Waals surface area contributed by atoms with Crippen LogP contribution in [0.2, 0.25) is 0 Å². The van der Waals surface area contributed by atoms with E-state index in [-0.39, 0.29) is 0 Å². The second-order valence-electron chi connectivity index (χ2n) is 2.42. The molecule has 1 heterocycles. The quantitative estimate of drug-likeness (QED) is 0.653. The van der Waals surface area contributed by atoms with Gasteiger partial charge in [0.05, 0.1) is 0 Å². The average Bonchev–Trinajstić information content (AvgIpc) is 2.51. The highest BCUT2D eigenvalue weighted by Crippen LogP contribution is 1.81. The Morgan fingerprint density at radius 1 is 0.929 bits per heavy atom. The predicted octanol–water partition coefficient (Wildman–Crippen LogP) is 3.48. The number of hydrogen-bond donors (Lipinski definition) is 1. The third kappa shape index (κ3) is 10.2. The van der Waals surface area contributed by atoms with E-state index in [0.717, 1.165) is 0 Å². The minimum Gasteiger partial charge on any atom is -0.368 e. The minimum absolute atomic E-state index is 1.75. The van der Waals surface area contributed by atoms with Crippen molar-refractivity contribution in [1.82, 2.24) is 5.32 Å². The molecule has 0 aromatic rings. The predicted molar refractivity (Wildman–Crippen MR) is 64.7 cm³/mol. The Hall–Kier alpha value is -1.76. The molecule has 0 unspecified atom stereocenters. The lowest BCUT2D eigenvalue weighted by Gasteiger charge is -1.79. The van der Waals surface area contributed by atoms with Crippen LogP contribution in [0.1, 0.15) is 6.92 Å². The van der Waals surface area contributed by atoms with Gasteiger partial charge in [-0.3, -0.25) is 0 Å². The molecular formula is C13H17N. The molecule has 0 atom stereocenters. The molecule has 0 fully saturated rings. The third-order valence-electron chi connectivity index (χ3n) is 1.27. The molecule has 0 bridgehead atoms. The van der Waals surface area contributed by atoms with Crippen LogP contribution in [0, 0.1) is 0 Å². The van der Waals surface area contributed by atoms with Gasteiger partial charge in [0, 0.05) is 12.4 Å². The largest absolute Gasteiger partial charge is 0.368 e. The molecule has 74 valence electrons. The summed E-state index contributed by atoms with van der Waals surface area (Å²) in [4.78, 5) is 0. The molecule has 0 aromatic heterocycles. The van der Waals surface area contributed by atoms with E-state index in [2.05, 4.69) is 11.9 Å². The van der Waals surface area contributed by atoms with Crippen LogP contribution in [0.3, 0.4) is 0 Å². The average molecular weight is 187 g/mol. The summed E-state index contributed by atoms with van der Waals surface area (Å²) in [5.74, 6) is 0. The fourth-order valence-corrected chi connectivity index (χ4v) is 0.660. The van der Waals surface area contributed by atoms with Gasteiger partial charge in [0.1, 0.15) is 0 Å². The first-order valence-corrected chi connectivity index (χ1v) is 4.56. The van der Waals surface area contributed by atoms with Gasteiger partial charge in [-0.25, -0.2) is 0 Å². The third-order valence-corrected chi connectivity index (χ3v) is 1.27. The molecule has 1 N–H and O–H groups in total. The number of rotatable bonds is 2. The van der Waals surface area contributed by atoms with Crippen molar-refractivity contribution in [2.45, 2.75) is 6.92 Å². The van der Waals surface area contributed by atoms with Crippen molar-refractivity contribution in [1.29, 1.82) is 0 Å². The molecular weight excluding hydrogens is 170 g/mol. The van der Waals surface area contributed by atoms with E-state index in [0.29, 0.717) is 0 Å². The summed E-state index contributed by atoms with van der Waals surface area (Å²) in [5.41, 5.74) is 0.